The zero-order valence-corrected chi connectivity index (χ0v) is 16.1. The Labute approximate surface area is 156 Å². The van der Waals surface area contributed by atoms with Crippen LogP contribution in [-0.4, -0.2) is 32.8 Å². The highest BCUT2D eigenvalue weighted by atomic mass is 35.5. The van der Waals surface area contributed by atoms with Gasteiger partial charge in [0.1, 0.15) is 0 Å². The van der Waals surface area contributed by atoms with Gasteiger partial charge in [-0.25, -0.2) is 17.5 Å². The van der Waals surface area contributed by atoms with Gasteiger partial charge in [-0.2, -0.15) is 0 Å². The van der Waals surface area contributed by atoms with Gasteiger partial charge in [-0.05, 0) is 42.8 Å². The highest BCUT2D eigenvalue weighted by Gasteiger charge is 2.20. The number of aryl methyl sites for hydroxylation is 1. The molecule has 0 heterocycles. The van der Waals surface area contributed by atoms with Gasteiger partial charge < -0.3 is 10.6 Å². The summed E-state index contributed by atoms with van der Waals surface area (Å²) in [5.41, 5.74) is 1.40. The fraction of sp³-hybridized carbons (Fsp3) is 0.188. The van der Waals surface area contributed by atoms with E-state index in [0.717, 1.165) is 4.31 Å². The van der Waals surface area contributed by atoms with Gasteiger partial charge in [0, 0.05) is 25.5 Å². The summed E-state index contributed by atoms with van der Waals surface area (Å²) >= 11 is 11.7. The number of urea groups is 1. The summed E-state index contributed by atoms with van der Waals surface area (Å²) in [5, 5.41) is 5.89. The maximum absolute atomic E-state index is 12.3. The molecule has 0 atom stereocenters. The van der Waals surface area contributed by atoms with Crippen LogP contribution in [0.3, 0.4) is 0 Å². The van der Waals surface area contributed by atoms with Crippen LogP contribution in [0.2, 0.25) is 10.0 Å². The Kier molecular flexibility index (Phi) is 5.95. The van der Waals surface area contributed by atoms with Gasteiger partial charge >= 0.3 is 6.03 Å². The molecule has 2 aromatic carbocycles. The summed E-state index contributed by atoms with van der Waals surface area (Å²) in [5.74, 6) is 0. The molecule has 2 rings (SSSR count). The zero-order chi connectivity index (χ0) is 18.8. The third kappa shape index (κ3) is 4.64. The molecule has 0 radical (unpaired) electrons. The van der Waals surface area contributed by atoms with Crippen LogP contribution in [0.25, 0.3) is 0 Å². The molecule has 0 bridgehead atoms. The number of halogens is 2. The van der Waals surface area contributed by atoms with Gasteiger partial charge in [0.25, 0.3) is 0 Å². The van der Waals surface area contributed by atoms with Crippen molar-refractivity contribution in [1.29, 1.82) is 0 Å². The first-order valence-corrected chi connectivity index (χ1v) is 9.37. The minimum absolute atomic E-state index is 0.129. The number of anilines is 2. The fourth-order valence-electron chi connectivity index (χ4n) is 2.02. The van der Waals surface area contributed by atoms with E-state index in [1.165, 1.54) is 26.2 Å². The Bertz CT molecular complexity index is 915. The number of nitrogens with zero attached hydrogens (tertiary/aromatic N) is 1. The number of carbonyl (C=O) groups excluding carboxylic acids is 1. The van der Waals surface area contributed by atoms with E-state index in [0.29, 0.717) is 27.0 Å². The topological polar surface area (TPSA) is 78.5 Å². The summed E-state index contributed by atoms with van der Waals surface area (Å²) in [6, 6.07) is 8.82. The number of hydrogen-bond acceptors (Lipinski definition) is 3. The summed E-state index contributed by atoms with van der Waals surface area (Å²) in [7, 11) is -0.705. The van der Waals surface area contributed by atoms with Gasteiger partial charge in [-0.15, -0.1) is 0 Å². The second-order valence-electron chi connectivity index (χ2n) is 5.48. The number of sulfonamides is 1. The number of amides is 2. The first kappa shape index (κ1) is 19.5. The van der Waals surface area contributed by atoms with E-state index in [-0.39, 0.29) is 4.90 Å². The Morgan fingerprint density at radius 3 is 2.08 bits per heavy atom. The van der Waals surface area contributed by atoms with Crippen molar-refractivity contribution < 1.29 is 13.2 Å². The zero-order valence-electron chi connectivity index (χ0n) is 13.8. The van der Waals surface area contributed by atoms with Crippen molar-refractivity contribution in [3.8, 4) is 0 Å². The largest absolute Gasteiger partial charge is 0.323 e. The van der Waals surface area contributed by atoms with E-state index in [4.69, 9.17) is 23.2 Å². The summed E-state index contributed by atoms with van der Waals surface area (Å²) in [6.07, 6.45) is 0. The summed E-state index contributed by atoms with van der Waals surface area (Å²) in [6.45, 7) is 1.69. The van der Waals surface area contributed by atoms with Gasteiger partial charge in [0.2, 0.25) is 10.0 Å². The lowest BCUT2D eigenvalue weighted by Crippen LogP contribution is -2.24. The molecule has 2 aromatic rings. The van der Waals surface area contributed by atoms with Gasteiger partial charge in [0.15, 0.2) is 0 Å². The number of nitrogens with one attached hydrogen (secondary N) is 2. The van der Waals surface area contributed by atoms with Crippen LogP contribution in [0.15, 0.2) is 41.3 Å². The average molecular weight is 402 g/mol. The maximum atomic E-state index is 12.3. The van der Waals surface area contributed by atoms with Crippen LogP contribution in [-0.2, 0) is 10.0 Å². The monoisotopic (exact) mass is 401 g/mol. The van der Waals surface area contributed by atoms with Gasteiger partial charge in [-0.3, -0.25) is 0 Å². The van der Waals surface area contributed by atoms with Crippen LogP contribution in [0.5, 0.6) is 0 Å². The summed E-state index contributed by atoms with van der Waals surface area (Å²) in [4.78, 5) is 12.2. The van der Waals surface area contributed by atoms with Gasteiger partial charge in [-0.1, -0.05) is 29.3 Å². The first-order chi connectivity index (χ1) is 11.6. The van der Waals surface area contributed by atoms with Crippen molar-refractivity contribution in [1.82, 2.24) is 4.31 Å². The standard InChI is InChI=1S/C16H17Cl2N3O3S/c1-10-4-5-12(9-15(10)25(23,24)21(2)3)20-16(22)19-11-6-7-13(17)14(18)8-11/h4-9H,1-3H3,(H2,19,20,22). The maximum Gasteiger partial charge on any atom is 0.323 e. The lowest BCUT2D eigenvalue weighted by Gasteiger charge is -2.15. The van der Waals surface area contributed by atoms with Crippen molar-refractivity contribution in [2.45, 2.75) is 11.8 Å². The number of benzene rings is 2. The third-order valence-electron chi connectivity index (χ3n) is 3.38. The van der Waals surface area contributed by atoms with Crippen LogP contribution >= 0.6 is 23.2 Å². The average Bonchev–Trinajstić information content (AvgIpc) is 2.52. The van der Waals surface area contributed by atoms with Crippen molar-refractivity contribution >= 4 is 50.6 Å². The smallest absolute Gasteiger partial charge is 0.308 e. The molecule has 0 saturated carbocycles. The van der Waals surface area contributed by atoms with Crippen LogP contribution in [0, 0.1) is 6.92 Å². The Hall–Kier alpha value is -1.80. The molecule has 0 aliphatic carbocycles. The second kappa shape index (κ2) is 7.61. The van der Waals surface area contributed by atoms with E-state index >= 15 is 0 Å². The molecule has 0 saturated heterocycles. The molecule has 0 unspecified atom stereocenters. The molecule has 134 valence electrons. The number of hydrogen-bond donors (Lipinski definition) is 2. The Balaban J connectivity index is 2.20. The Morgan fingerprint density at radius 1 is 0.960 bits per heavy atom. The number of rotatable bonds is 4. The van der Waals surface area contributed by atoms with Crippen molar-refractivity contribution in [3.63, 3.8) is 0 Å². The lowest BCUT2D eigenvalue weighted by molar-refractivity contribution is 0.262. The predicted molar refractivity (Wildman–Crippen MR) is 101 cm³/mol. The molecule has 0 aliphatic rings. The van der Waals surface area contributed by atoms with Crippen molar-refractivity contribution in [3.05, 3.63) is 52.0 Å². The van der Waals surface area contributed by atoms with Crippen LogP contribution in [0.4, 0.5) is 16.2 Å². The van der Waals surface area contributed by atoms with E-state index in [1.54, 1.807) is 31.2 Å². The van der Waals surface area contributed by atoms with Crippen molar-refractivity contribution in [2.75, 3.05) is 24.7 Å². The van der Waals surface area contributed by atoms with E-state index in [1.807, 2.05) is 0 Å². The SMILES string of the molecule is Cc1ccc(NC(=O)Nc2ccc(Cl)c(Cl)c2)cc1S(=O)(=O)N(C)C. The molecule has 0 fully saturated rings. The van der Waals surface area contributed by atoms with E-state index in [2.05, 4.69) is 10.6 Å². The summed E-state index contributed by atoms with van der Waals surface area (Å²) < 4.78 is 25.8. The molecule has 0 aromatic heterocycles. The normalized spacial score (nSPS) is 11.4. The highest BCUT2D eigenvalue weighted by molar-refractivity contribution is 7.89. The quantitative estimate of drug-likeness (QED) is 0.805. The molecular formula is C16H17Cl2N3O3S. The minimum Gasteiger partial charge on any atom is -0.308 e. The highest BCUT2D eigenvalue weighted by Crippen LogP contribution is 2.26. The molecular weight excluding hydrogens is 385 g/mol. The molecule has 0 aliphatic heterocycles. The molecule has 9 heteroatoms. The number of carbonyl (C=O) groups is 1. The van der Waals surface area contributed by atoms with E-state index < -0.39 is 16.1 Å². The predicted octanol–water partition coefficient (Wildman–Crippen LogP) is 4.20. The molecule has 0 spiro atoms. The van der Waals surface area contributed by atoms with Crippen LogP contribution in [0.1, 0.15) is 5.56 Å². The van der Waals surface area contributed by atoms with Crippen molar-refractivity contribution in [2.24, 2.45) is 0 Å². The second-order valence-corrected chi connectivity index (χ2v) is 8.41. The molecule has 2 amide bonds. The molecule has 6 nitrogen and oxygen atoms in total. The Morgan fingerprint density at radius 2 is 1.52 bits per heavy atom. The van der Waals surface area contributed by atoms with Crippen LogP contribution < -0.4 is 10.6 Å². The first-order valence-electron chi connectivity index (χ1n) is 7.17. The minimum atomic E-state index is -3.61. The fourth-order valence-corrected chi connectivity index (χ4v) is 3.46. The molecule has 25 heavy (non-hydrogen) atoms. The lowest BCUT2D eigenvalue weighted by atomic mass is 10.2. The molecule has 2 N–H and O–H groups in total. The van der Waals surface area contributed by atoms with E-state index in [9.17, 15) is 13.2 Å². The third-order valence-corrected chi connectivity index (χ3v) is 6.08. The van der Waals surface area contributed by atoms with Gasteiger partial charge in [0.05, 0.1) is 14.9 Å².